The highest BCUT2D eigenvalue weighted by Gasteiger charge is 2.08. The molecule has 0 radical (unpaired) electrons. The first-order valence-electron chi connectivity index (χ1n) is 6.92. The number of hydrogen-bond acceptors (Lipinski definition) is 1. The molecular formula is C18H14N2O. The zero-order valence-corrected chi connectivity index (χ0v) is 11.6. The summed E-state index contributed by atoms with van der Waals surface area (Å²) < 4.78 is 0. The maximum absolute atomic E-state index is 12.5. The number of fused-ring (bicyclic) bond motifs is 3. The zero-order valence-electron chi connectivity index (χ0n) is 11.6. The highest BCUT2D eigenvalue weighted by Crippen LogP contribution is 2.24. The second-order valence-corrected chi connectivity index (χ2v) is 5.34. The molecule has 2 aromatic heterocycles. The van der Waals surface area contributed by atoms with Crippen LogP contribution in [0.15, 0.2) is 59.5 Å². The largest absolute Gasteiger partial charge is 0.361 e. The van der Waals surface area contributed by atoms with Gasteiger partial charge in [0.05, 0.1) is 10.9 Å². The van der Waals surface area contributed by atoms with E-state index in [1.165, 1.54) is 5.56 Å². The molecule has 0 saturated carbocycles. The average Bonchev–Trinajstić information content (AvgIpc) is 2.95. The Hall–Kier alpha value is -2.81. The second-order valence-electron chi connectivity index (χ2n) is 5.34. The number of aromatic amines is 2. The molecular weight excluding hydrogens is 260 g/mol. The lowest BCUT2D eigenvalue weighted by Gasteiger charge is -2.06. The van der Waals surface area contributed by atoms with Gasteiger partial charge in [-0.2, -0.15) is 0 Å². The Morgan fingerprint density at radius 1 is 0.952 bits per heavy atom. The molecule has 0 amide bonds. The molecule has 4 aromatic rings. The minimum absolute atomic E-state index is 0.0467. The predicted octanol–water partition coefficient (Wildman–Crippen LogP) is 3.98. The Kier molecular flexibility index (Phi) is 2.48. The number of nitrogens with one attached hydrogen (secondary N) is 2. The lowest BCUT2D eigenvalue weighted by Crippen LogP contribution is -2.03. The molecule has 2 aromatic carbocycles. The summed E-state index contributed by atoms with van der Waals surface area (Å²) in [5.41, 5.74) is 4.96. The van der Waals surface area contributed by atoms with E-state index in [0.717, 1.165) is 33.1 Å². The maximum atomic E-state index is 12.5. The van der Waals surface area contributed by atoms with Gasteiger partial charge in [0.15, 0.2) is 5.43 Å². The van der Waals surface area contributed by atoms with Crippen LogP contribution < -0.4 is 5.43 Å². The van der Waals surface area contributed by atoms with Crippen LogP contribution in [0.1, 0.15) is 5.56 Å². The van der Waals surface area contributed by atoms with Crippen LogP contribution in [-0.2, 0) is 0 Å². The Labute approximate surface area is 121 Å². The standard InChI is InChI=1S/C18H14N2O/c1-11-3-2-4-12(9-11)16-10-17(21)18-13-7-8-19-14(13)5-6-15(18)20-16/h2-10,19H,1H3,(H,20,21). The minimum atomic E-state index is 0.0467. The van der Waals surface area contributed by atoms with E-state index in [9.17, 15) is 4.79 Å². The number of aromatic nitrogens is 2. The van der Waals surface area contributed by atoms with Crippen LogP contribution in [0.2, 0.25) is 0 Å². The van der Waals surface area contributed by atoms with Crippen molar-refractivity contribution in [1.82, 2.24) is 9.97 Å². The molecule has 0 fully saturated rings. The van der Waals surface area contributed by atoms with Gasteiger partial charge < -0.3 is 9.97 Å². The van der Waals surface area contributed by atoms with Crippen molar-refractivity contribution in [1.29, 1.82) is 0 Å². The molecule has 0 atom stereocenters. The molecule has 0 aliphatic heterocycles. The quantitative estimate of drug-likeness (QED) is 0.542. The summed E-state index contributed by atoms with van der Waals surface area (Å²) in [5, 5.41) is 1.70. The van der Waals surface area contributed by atoms with Crippen LogP contribution >= 0.6 is 0 Å². The third-order valence-corrected chi connectivity index (χ3v) is 3.85. The van der Waals surface area contributed by atoms with E-state index < -0.39 is 0 Å². The van der Waals surface area contributed by atoms with Crippen LogP contribution in [0.3, 0.4) is 0 Å². The van der Waals surface area contributed by atoms with E-state index in [-0.39, 0.29) is 5.43 Å². The summed E-state index contributed by atoms with van der Waals surface area (Å²) in [7, 11) is 0. The topological polar surface area (TPSA) is 48.6 Å². The van der Waals surface area contributed by atoms with Crippen LogP contribution in [-0.4, -0.2) is 9.97 Å². The maximum Gasteiger partial charge on any atom is 0.190 e. The van der Waals surface area contributed by atoms with Crippen molar-refractivity contribution in [2.75, 3.05) is 0 Å². The summed E-state index contributed by atoms with van der Waals surface area (Å²) in [4.78, 5) is 19.1. The number of hydrogen-bond donors (Lipinski definition) is 2. The molecule has 21 heavy (non-hydrogen) atoms. The van der Waals surface area contributed by atoms with Gasteiger partial charge in [-0.05, 0) is 36.8 Å². The van der Waals surface area contributed by atoms with E-state index in [1.807, 2.05) is 49.5 Å². The molecule has 3 heteroatoms. The summed E-state index contributed by atoms with van der Waals surface area (Å²) >= 11 is 0. The minimum Gasteiger partial charge on any atom is -0.361 e. The average molecular weight is 274 g/mol. The number of pyridine rings is 1. The van der Waals surface area contributed by atoms with Crippen LogP contribution in [0.4, 0.5) is 0 Å². The van der Waals surface area contributed by atoms with E-state index in [1.54, 1.807) is 6.07 Å². The SMILES string of the molecule is Cc1cccc(-c2cc(=O)c3c(ccc4[nH]ccc43)[nH]2)c1. The smallest absolute Gasteiger partial charge is 0.190 e. The Morgan fingerprint density at radius 2 is 1.81 bits per heavy atom. The van der Waals surface area contributed by atoms with Crippen LogP contribution in [0, 0.1) is 6.92 Å². The van der Waals surface area contributed by atoms with Crippen molar-refractivity contribution < 1.29 is 0 Å². The molecule has 0 spiro atoms. The zero-order chi connectivity index (χ0) is 14.4. The Balaban J connectivity index is 2.06. The molecule has 3 nitrogen and oxygen atoms in total. The molecule has 0 unspecified atom stereocenters. The van der Waals surface area contributed by atoms with Crippen molar-refractivity contribution in [2.24, 2.45) is 0 Å². The van der Waals surface area contributed by atoms with Crippen LogP contribution in [0.25, 0.3) is 33.1 Å². The van der Waals surface area contributed by atoms with Gasteiger partial charge in [0, 0.05) is 28.9 Å². The highest BCUT2D eigenvalue weighted by molar-refractivity contribution is 6.05. The van der Waals surface area contributed by atoms with Crippen LogP contribution in [0.5, 0.6) is 0 Å². The summed E-state index contributed by atoms with van der Waals surface area (Å²) in [6.45, 7) is 2.05. The Morgan fingerprint density at radius 3 is 2.67 bits per heavy atom. The third-order valence-electron chi connectivity index (χ3n) is 3.85. The molecule has 0 aliphatic rings. The van der Waals surface area contributed by atoms with Gasteiger partial charge in [-0.3, -0.25) is 4.79 Å². The highest BCUT2D eigenvalue weighted by atomic mass is 16.1. The van der Waals surface area contributed by atoms with Gasteiger partial charge in [-0.25, -0.2) is 0 Å². The van der Waals surface area contributed by atoms with Crippen molar-refractivity contribution in [3.05, 3.63) is 70.5 Å². The van der Waals surface area contributed by atoms with Gasteiger partial charge in [0.1, 0.15) is 0 Å². The number of rotatable bonds is 1. The fourth-order valence-electron chi connectivity index (χ4n) is 2.86. The van der Waals surface area contributed by atoms with Gasteiger partial charge in [-0.15, -0.1) is 0 Å². The van der Waals surface area contributed by atoms with Gasteiger partial charge in [0.25, 0.3) is 0 Å². The van der Waals surface area contributed by atoms with E-state index in [4.69, 9.17) is 0 Å². The first-order chi connectivity index (χ1) is 10.2. The summed E-state index contributed by atoms with van der Waals surface area (Å²) in [6.07, 6.45) is 1.86. The van der Waals surface area contributed by atoms with Crippen molar-refractivity contribution in [3.63, 3.8) is 0 Å². The molecule has 102 valence electrons. The van der Waals surface area contributed by atoms with Gasteiger partial charge in [0.2, 0.25) is 0 Å². The first-order valence-corrected chi connectivity index (χ1v) is 6.92. The van der Waals surface area contributed by atoms with Crippen molar-refractivity contribution in [2.45, 2.75) is 6.92 Å². The van der Waals surface area contributed by atoms with Crippen molar-refractivity contribution >= 4 is 21.8 Å². The number of H-pyrrole nitrogens is 2. The molecule has 0 aliphatic carbocycles. The molecule has 0 bridgehead atoms. The molecule has 4 rings (SSSR count). The fraction of sp³-hybridized carbons (Fsp3) is 0.0556. The lowest BCUT2D eigenvalue weighted by atomic mass is 10.1. The Bertz CT molecular complexity index is 1020. The monoisotopic (exact) mass is 274 g/mol. The predicted molar refractivity (Wildman–Crippen MR) is 86.6 cm³/mol. The van der Waals surface area contributed by atoms with E-state index in [0.29, 0.717) is 0 Å². The van der Waals surface area contributed by atoms with Gasteiger partial charge >= 0.3 is 0 Å². The fourth-order valence-corrected chi connectivity index (χ4v) is 2.86. The summed E-state index contributed by atoms with van der Waals surface area (Å²) in [5.74, 6) is 0. The van der Waals surface area contributed by atoms with Crippen molar-refractivity contribution in [3.8, 4) is 11.3 Å². The first kappa shape index (κ1) is 12.0. The number of benzene rings is 2. The number of aryl methyl sites for hydroxylation is 1. The van der Waals surface area contributed by atoms with E-state index in [2.05, 4.69) is 16.0 Å². The molecule has 2 heterocycles. The normalized spacial score (nSPS) is 11.3. The van der Waals surface area contributed by atoms with Gasteiger partial charge in [-0.1, -0.05) is 23.8 Å². The summed E-state index contributed by atoms with van der Waals surface area (Å²) in [6, 6.07) is 15.7. The molecule has 2 N–H and O–H groups in total. The third kappa shape index (κ3) is 1.86. The van der Waals surface area contributed by atoms with E-state index >= 15 is 0 Å². The second kappa shape index (κ2) is 4.35. The lowest BCUT2D eigenvalue weighted by molar-refractivity contribution is 1.37. The molecule has 0 saturated heterocycles.